The highest BCUT2D eigenvalue weighted by atomic mass is 19.1. The Hall–Kier alpha value is -3.67. The van der Waals surface area contributed by atoms with Gasteiger partial charge in [-0.05, 0) is 73.4 Å². The molecule has 0 spiro atoms. The summed E-state index contributed by atoms with van der Waals surface area (Å²) in [6, 6.07) is 11.7. The van der Waals surface area contributed by atoms with E-state index in [0.29, 0.717) is 5.56 Å². The maximum absolute atomic E-state index is 14.0. The normalized spacial score (nSPS) is 11.4. The van der Waals surface area contributed by atoms with Gasteiger partial charge < -0.3 is 14.8 Å². The van der Waals surface area contributed by atoms with Gasteiger partial charge in [0.15, 0.2) is 0 Å². The van der Waals surface area contributed by atoms with E-state index in [4.69, 9.17) is 0 Å². The number of phenolic OH excluding ortho intramolecular Hbond substituents is 1. The van der Waals surface area contributed by atoms with E-state index in [9.17, 15) is 19.4 Å². The number of aromatic hydroxyl groups is 1. The van der Waals surface area contributed by atoms with Crippen LogP contribution in [0.15, 0.2) is 48.7 Å². The number of hydrogen-bond donors (Lipinski definition) is 2. The first-order valence-corrected chi connectivity index (χ1v) is 10.0. The lowest BCUT2D eigenvalue weighted by molar-refractivity contribution is 0.0690. The summed E-state index contributed by atoms with van der Waals surface area (Å²) in [6.07, 6.45) is 1.57. The average Bonchev–Trinajstić information content (AvgIpc) is 3.04. The van der Waals surface area contributed by atoms with Crippen molar-refractivity contribution < 1.29 is 19.4 Å². The van der Waals surface area contributed by atoms with Crippen molar-refractivity contribution >= 4 is 16.9 Å². The molecule has 0 aliphatic carbocycles. The summed E-state index contributed by atoms with van der Waals surface area (Å²) >= 11 is 0. The van der Waals surface area contributed by atoms with Crippen molar-refractivity contribution in [3.63, 3.8) is 0 Å². The fraction of sp³-hybridized carbons (Fsp3) is 0.200. The molecule has 0 aliphatic heterocycles. The van der Waals surface area contributed by atoms with Crippen molar-refractivity contribution in [2.45, 2.75) is 33.6 Å². The van der Waals surface area contributed by atoms with Crippen LogP contribution in [0.2, 0.25) is 0 Å². The number of halogens is 1. The molecule has 2 aromatic carbocycles. The van der Waals surface area contributed by atoms with Crippen molar-refractivity contribution in [2.75, 3.05) is 0 Å². The van der Waals surface area contributed by atoms with Gasteiger partial charge in [-0.2, -0.15) is 0 Å². The number of aromatic carboxylic acids is 1. The maximum atomic E-state index is 14.0. The average molecular weight is 418 g/mol. The number of fused-ring (bicyclic) bond motifs is 1. The number of aryl methyl sites for hydroxylation is 2. The lowest BCUT2D eigenvalue weighted by atomic mass is 9.94. The van der Waals surface area contributed by atoms with Crippen molar-refractivity contribution in [2.24, 2.45) is 0 Å². The van der Waals surface area contributed by atoms with Crippen LogP contribution in [0.3, 0.4) is 0 Å². The minimum absolute atomic E-state index is 0.0203. The van der Waals surface area contributed by atoms with Gasteiger partial charge >= 0.3 is 5.97 Å². The summed E-state index contributed by atoms with van der Waals surface area (Å²) in [4.78, 5) is 15.5. The molecule has 0 atom stereocenters. The highest BCUT2D eigenvalue weighted by Gasteiger charge is 2.24. The first-order chi connectivity index (χ1) is 14.7. The van der Waals surface area contributed by atoms with Crippen LogP contribution in [0.4, 0.5) is 4.39 Å². The Morgan fingerprint density at radius 3 is 2.42 bits per heavy atom. The quantitative estimate of drug-likeness (QED) is 0.428. The van der Waals surface area contributed by atoms with E-state index < -0.39 is 5.97 Å². The van der Waals surface area contributed by atoms with Crippen LogP contribution >= 0.6 is 0 Å². The highest BCUT2D eigenvalue weighted by molar-refractivity contribution is 6.01. The smallest absolute Gasteiger partial charge is 0.354 e. The third-order valence-electron chi connectivity index (χ3n) is 5.53. The molecule has 0 saturated carbocycles. The molecule has 2 heterocycles. The van der Waals surface area contributed by atoms with Gasteiger partial charge in [-0.3, -0.25) is 0 Å². The Labute approximate surface area is 179 Å². The molecule has 6 heteroatoms. The first kappa shape index (κ1) is 20.6. The van der Waals surface area contributed by atoms with E-state index >= 15 is 0 Å². The number of carbonyl (C=O) groups is 1. The second-order valence-electron chi connectivity index (χ2n) is 8.07. The maximum Gasteiger partial charge on any atom is 0.354 e. The number of phenols is 1. The van der Waals surface area contributed by atoms with Crippen LogP contribution in [0.25, 0.3) is 27.7 Å². The van der Waals surface area contributed by atoms with Gasteiger partial charge in [-0.1, -0.05) is 13.8 Å². The molecule has 2 aromatic heterocycles. The predicted octanol–water partition coefficient (Wildman–Crippen LogP) is 5.98. The zero-order chi connectivity index (χ0) is 22.4. The number of benzene rings is 2. The van der Waals surface area contributed by atoms with Gasteiger partial charge in [0.1, 0.15) is 17.3 Å². The molecule has 0 aliphatic rings. The van der Waals surface area contributed by atoms with E-state index in [2.05, 4.69) is 23.4 Å². The van der Waals surface area contributed by atoms with Gasteiger partial charge in [0, 0.05) is 34.1 Å². The molecular weight excluding hydrogens is 395 g/mol. The van der Waals surface area contributed by atoms with Crippen LogP contribution in [0.5, 0.6) is 5.75 Å². The van der Waals surface area contributed by atoms with E-state index in [1.54, 1.807) is 43.5 Å². The topological polar surface area (TPSA) is 75.4 Å². The molecule has 0 radical (unpaired) electrons. The van der Waals surface area contributed by atoms with Crippen LogP contribution in [-0.4, -0.2) is 25.7 Å². The molecule has 4 aromatic rings. The molecule has 0 fully saturated rings. The van der Waals surface area contributed by atoms with Crippen molar-refractivity contribution in [3.05, 3.63) is 77.0 Å². The Bertz CT molecular complexity index is 1340. The summed E-state index contributed by atoms with van der Waals surface area (Å²) < 4.78 is 16.0. The van der Waals surface area contributed by atoms with Crippen molar-refractivity contribution in [1.82, 2.24) is 9.55 Å². The third-order valence-corrected chi connectivity index (χ3v) is 5.53. The van der Waals surface area contributed by atoms with Gasteiger partial charge in [-0.15, -0.1) is 0 Å². The van der Waals surface area contributed by atoms with Crippen LogP contribution in [0.1, 0.15) is 47.1 Å². The third kappa shape index (κ3) is 3.44. The highest BCUT2D eigenvalue weighted by Crippen LogP contribution is 2.42. The van der Waals surface area contributed by atoms with Gasteiger partial charge in [0.25, 0.3) is 0 Å². The van der Waals surface area contributed by atoms with E-state index in [1.807, 2.05) is 13.0 Å². The van der Waals surface area contributed by atoms with Gasteiger partial charge in [0.2, 0.25) is 0 Å². The van der Waals surface area contributed by atoms with E-state index in [1.165, 1.54) is 6.07 Å². The summed E-state index contributed by atoms with van der Waals surface area (Å²) in [5.74, 6) is -1.15. The fourth-order valence-corrected chi connectivity index (χ4v) is 4.11. The van der Waals surface area contributed by atoms with Crippen LogP contribution in [0, 0.1) is 19.7 Å². The predicted molar refractivity (Wildman–Crippen MR) is 119 cm³/mol. The second kappa shape index (κ2) is 7.54. The number of carboxylic acids is 1. The Morgan fingerprint density at radius 1 is 1.06 bits per heavy atom. The van der Waals surface area contributed by atoms with Crippen molar-refractivity contribution in [1.29, 1.82) is 0 Å². The fourth-order valence-electron chi connectivity index (χ4n) is 4.11. The van der Waals surface area contributed by atoms with Crippen LogP contribution in [-0.2, 0) is 0 Å². The molecule has 0 saturated heterocycles. The summed E-state index contributed by atoms with van der Waals surface area (Å²) in [7, 11) is 0. The number of pyridine rings is 1. The Morgan fingerprint density at radius 2 is 1.81 bits per heavy atom. The molecule has 0 unspecified atom stereocenters. The number of rotatable bonds is 4. The zero-order valence-corrected chi connectivity index (χ0v) is 17.8. The van der Waals surface area contributed by atoms with Gasteiger partial charge in [0.05, 0.1) is 5.52 Å². The molecule has 31 heavy (non-hydrogen) atoms. The standard InChI is InChI=1S/C25H23FN2O3/c1-13(2)24-23(19-12-27-21(25(30)31)10-14(19)3)18-11-17(29)6-8-22(18)28(24)16-5-7-20(26)15(4)9-16/h5-13,29H,1-4H3,(H,30,31). The lowest BCUT2D eigenvalue weighted by Crippen LogP contribution is -2.05. The monoisotopic (exact) mass is 418 g/mol. The summed E-state index contributed by atoms with van der Waals surface area (Å²) in [5, 5.41) is 20.3. The number of aromatic nitrogens is 2. The number of nitrogens with zero attached hydrogens (tertiary/aromatic N) is 2. The lowest BCUT2D eigenvalue weighted by Gasteiger charge is -2.17. The van der Waals surface area contributed by atoms with Crippen LogP contribution < -0.4 is 0 Å². The molecule has 2 N–H and O–H groups in total. The number of hydrogen-bond acceptors (Lipinski definition) is 3. The largest absolute Gasteiger partial charge is 0.508 e. The van der Waals surface area contributed by atoms with Gasteiger partial charge in [-0.25, -0.2) is 14.2 Å². The molecule has 0 amide bonds. The molecule has 4 rings (SSSR count). The molecule has 158 valence electrons. The molecule has 5 nitrogen and oxygen atoms in total. The molecule has 0 bridgehead atoms. The second-order valence-corrected chi connectivity index (χ2v) is 8.07. The van der Waals surface area contributed by atoms with Crippen molar-refractivity contribution in [3.8, 4) is 22.6 Å². The first-order valence-electron chi connectivity index (χ1n) is 10.0. The Kier molecular flexibility index (Phi) is 5.01. The summed E-state index contributed by atoms with van der Waals surface area (Å²) in [5.41, 5.74) is 5.62. The minimum Gasteiger partial charge on any atom is -0.508 e. The minimum atomic E-state index is -1.08. The SMILES string of the molecule is Cc1cc(-n2c(C(C)C)c(-c3cnc(C(=O)O)cc3C)c3cc(O)ccc32)ccc1F. The van der Waals surface area contributed by atoms with E-state index in [-0.39, 0.29) is 23.2 Å². The zero-order valence-electron chi connectivity index (χ0n) is 17.8. The van der Waals surface area contributed by atoms with E-state index in [0.717, 1.165) is 39.0 Å². The molecular formula is C25H23FN2O3. The summed E-state index contributed by atoms with van der Waals surface area (Å²) in [6.45, 7) is 7.71. The number of carboxylic acid groups (broad SMARTS) is 1. The Balaban J connectivity index is 2.13.